The molecular formula is C22H19N5O2. The molecule has 0 aliphatic carbocycles. The molecule has 1 amide bonds. The fourth-order valence-corrected chi connectivity index (χ4v) is 2.85. The molecule has 0 unspecified atom stereocenters. The fraction of sp³-hybridized carbons (Fsp3) is 0.0909. The molecule has 2 aromatic heterocycles. The number of hydrogen-bond donors (Lipinski definition) is 1. The lowest BCUT2D eigenvalue weighted by molar-refractivity contribution is -0.115. The van der Waals surface area contributed by atoms with Crippen LogP contribution in [-0.4, -0.2) is 25.4 Å². The van der Waals surface area contributed by atoms with E-state index in [1.54, 1.807) is 36.5 Å². The van der Waals surface area contributed by atoms with Crippen LogP contribution in [0.2, 0.25) is 0 Å². The highest BCUT2D eigenvalue weighted by Crippen LogP contribution is 2.22. The van der Waals surface area contributed by atoms with Crippen molar-refractivity contribution in [3.63, 3.8) is 0 Å². The van der Waals surface area contributed by atoms with Crippen LogP contribution < -0.4 is 10.1 Å². The number of rotatable bonds is 6. The van der Waals surface area contributed by atoms with Gasteiger partial charge in [-0.25, -0.2) is 15.0 Å². The van der Waals surface area contributed by atoms with Crippen LogP contribution in [0.3, 0.4) is 0 Å². The molecule has 0 radical (unpaired) electrons. The fourth-order valence-electron chi connectivity index (χ4n) is 2.85. The lowest BCUT2D eigenvalue weighted by atomic mass is 10.1. The SMILES string of the molecule is Cc1nccn1-c1cc(Oc2ccc(NC(=O)Cc3ccccc3)cc2)ncn1. The number of aromatic nitrogens is 4. The molecule has 0 saturated carbocycles. The van der Waals surface area contributed by atoms with Gasteiger partial charge < -0.3 is 10.1 Å². The number of ether oxygens (including phenoxy) is 1. The zero-order valence-electron chi connectivity index (χ0n) is 15.8. The van der Waals surface area contributed by atoms with E-state index in [1.807, 2.05) is 48.0 Å². The third kappa shape index (κ3) is 4.65. The molecule has 2 aromatic carbocycles. The monoisotopic (exact) mass is 385 g/mol. The average Bonchev–Trinajstić information content (AvgIpc) is 3.16. The van der Waals surface area contributed by atoms with Gasteiger partial charge in [0.2, 0.25) is 11.8 Å². The predicted molar refractivity (Wildman–Crippen MR) is 109 cm³/mol. The first-order chi connectivity index (χ1) is 14.2. The molecule has 0 bridgehead atoms. The second kappa shape index (κ2) is 8.35. The summed E-state index contributed by atoms with van der Waals surface area (Å²) in [5, 5.41) is 2.88. The van der Waals surface area contributed by atoms with Crippen molar-refractivity contribution in [2.24, 2.45) is 0 Å². The van der Waals surface area contributed by atoms with Gasteiger partial charge in [0.05, 0.1) is 6.42 Å². The first kappa shape index (κ1) is 18.4. The van der Waals surface area contributed by atoms with Crippen LogP contribution in [0.25, 0.3) is 5.82 Å². The van der Waals surface area contributed by atoms with Crippen molar-refractivity contribution in [3.05, 3.63) is 90.8 Å². The second-order valence-electron chi connectivity index (χ2n) is 6.40. The predicted octanol–water partition coefficient (Wildman–Crippen LogP) is 3.94. The molecule has 0 atom stereocenters. The molecule has 0 spiro atoms. The quantitative estimate of drug-likeness (QED) is 0.544. The Morgan fingerprint density at radius 3 is 2.55 bits per heavy atom. The molecule has 29 heavy (non-hydrogen) atoms. The van der Waals surface area contributed by atoms with Crippen LogP contribution in [-0.2, 0) is 11.2 Å². The minimum atomic E-state index is -0.0685. The van der Waals surface area contributed by atoms with Crippen molar-refractivity contribution in [1.29, 1.82) is 0 Å². The van der Waals surface area contributed by atoms with Crippen molar-refractivity contribution in [2.45, 2.75) is 13.3 Å². The number of nitrogens with zero attached hydrogens (tertiary/aromatic N) is 4. The van der Waals surface area contributed by atoms with Crippen molar-refractivity contribution in [2.75, 3.05) is 5.32 Å². The van der Waals surface area contributed by atoms with E-state index in [1.165, 1.54) is 6.33 Å². The number of anilines is 1. The summed E-state index contributed by atoms with van der Waals surface area (Å²) in [6.07, 6.45) is 5.32. The third-order valence-electron chi connectivity index (χ3n) is 4.27. The Morgan fingerprint density at radius 2 is 1.83 bits per heavy atom. The van der Waals surface area contributed by atoms with Crippen molar-refractivity contribution in [1.82, 2.24) is 19.5 Å². The van der Waals surface area contributed by atoms with Gasteiger partial charge in [-0.15, -0.1) is 0 Å². The number of carbonyl (C=O) groups excluding carboxylic acids is 1. The molecule has 1 N–H and O–H groups in total. The summed E-state index contributed by atoms with van der Waals surface area (Å²) in [6.45, 7) is 1.90. The first-order valence-electron chi connectivity index (χ1n) is 9.11. The summed E-state index contributed by atoms with van der Waals surface area (Å²) in [5.74, 6) is 2.46. The largest absolute Gasteiger partial charge is 0.439 e. The average molecular weight is 385 g/mol. The molecule has 0 aliphatic heterocycles. The Balaban J connectivity index is 1.40. The number of carbonyl (C=O) groups is 1. The number of nitrogens with one attached hydrogen (secondary N) is 1. The van der Waals surface area contributed by atoms with Crippen molar-refractivity contribution in [3.8, 4) is 17.4 Å². The summed E-state index contributed by atoms with van der Waals surface area (Å²) in [4.78, 5) is 24.8. The topological polar surface area (TPSA) is 81.9 Å². The van der Waals surface area contributed by atoms with Crippen LogP contribution in [0.4, 0.5) is 5.69 Å². The standard InChI is InChI=1S/C22H19N5O2/c1-16-23-11-12-27(16)20-14-22(25-15-24-20)29-19-9-7-18(8-10-19)26-21(28)13-17-5-3-2-4-6-17/h2-12,14-15H,13H2,1H3,(H,26,28). The Bertz CT molecular complexity index is 1110. The molecule has 2 heterocycles. The van der Waals surface area contributed by atoms with E-state index in [0.29, 0.717) is 29.6 Å². The van der Waals surface area contributed by atoms with E-state index in [2.05, 4.69) is 20.3 Å². The molecular weight excluding hydrogens is 366 g/mol. The van der Waals surface area contributed by atoms with E-state index < -0.39 is 0 Å². The summed E-state index contributed by atoms with van der Waals surface area (Å²) in [7, 11) is 0. The van der Waals surface area contributed by atoms with Gasteiger partial charge in [-0.05, 0) is 36.8 Å². The van der Waals surface area contributed by atoms with Crippen LogP contribution in [0.15, 0.2) is 79.4 Å². The van der Waals surface area contributed by atoms with Crippen molar-refractivity contribution < 1.29 is 9.53 Å². The van der Waals surface area contributed by atoms with Gasteiger partial charge in [0.25, 0.3) is 0 Å². The zero-order valence-corrected chi connectivity index (χ0v) is 15.8. The number of benzene rings is 2. The van der Waals surface area contributed by atoms with Crippen LogP contribution in [0.5, 0.6) is 11.6 Å². The summed E-state index contributed by atoms with van der Waals surface area (Å²) >= 11 is 0. The van der Waals surface area contributed by atoms with E-state index in [-0.39, 0.29) is 5.91 Å². The molecule has 0 fully saturated rings. The van der Waals surface area contributed by atoms with E-state index in [9.17, 15) is 4.79 Å². The molecule has 0 saturated heterocycles. The minimum absolute atomic E-state index is 0.0685. The summed E-state index contributed by atoms with van der Waals surface area (Å²) in [6, 6.07) is 18.5. The van der Waals surface area contributed by atoms with E-state index in [4.69, 9.17) is 4.74 Å². The smallest absolute Gasteiger partial charge is 0.228 e. The van der Waals surface area contributed by atoms with E-state index >= 15 is 0 Å². The maximum atomic E-state index is 12.2. The Kier molecular flexibility index (Phi) is 5.29. The number of amides is 1. The van der Waals surface area contributed by atoms with Crippen molar-refractivity contribution >= 4 is 11.6 Å². The van der Waals surface area contributed by atoms with Crippen LogP contribution >= 0.6 is 0 Å². The van der Waals surface area contributed by atoms with Crippen LogP contribution in [0.1, 0.15) is 11.4 Å². The van der Waals surface area contributed by atoms with Gasteiger partial charge >= 0.3 is 0 Å². The van der Waals surface area contributed by atoms with Gasteiger partial charge in [0, 0.05) is 24.1 Å². The van der Waals surface area contributed by atoms with Gasteiger partial charge in [-0.1, -0.05) is 30.3 Å². The molecule has 4 rings (SSSR count). The highest BCUT2D eigenvalue weighted by atomic mass is 16.5. The maximum absolute atomic E-state index is 12.2. The number of imidazole rings is 1. The highest BCUT2D eigenvalue weighted by molar-refractivity contribution is 5.92. The van der Waals surface area contributed by atoms with Gasteiger partial charge in [0.1, 0.15) is 23.7 Å². The lowest BCUT2D eigenvalue weighted by Gasteiger charge is -2.09. The van der Waals surface area contributed by atoms with Gasteiger partial charge in [-0.3, -0.25) is 9.36 Å². The van der Waals surface area contributed by atoms with E-state index in [0.717, 1.165) is 11.4 Å². The Morgan fingerprint density at radius 1 is 1.03 bits per heavy atom. The van der Waals surface area contributed by atoms with Gasteiger partial charge in [-0.2, -0.15) is 0 Å². The first-order valence-corrected chi connectivity index (χ1v) is 9.11. The van der Waals surface area contributed by atoms with Crippen LogP contribution in [0, 0.1) is 6.92 Å². The molecule has 0 aliphatic rings. The Hall–Kier alpha value is -4.00. The summed E-state index contributed by atoms with van der Waals surface area (Å²) in [5.41, 5.74) is 1.67. The molecule has 4 aromatic rings. The minimum Gasteiger partial charge on any atom is -0.439 e. The number of hydrogen-bond acceptors (Lipinski definition) is 5. The zero-order chi connectivity index (χ0) is 20.1. The van der Waals surface area contributed by atoms with Gasteiger partial charge in [0.15, 0.2) is 0 Å². The number of aryl methyl sites for hydroxylation is 1. The lowest BCUT2D eigenvalue weighted by Crippen LogP contribution is -2.14. The third-order valence-corrected chi connectivity index (χ3v) is 4.27. The molecule has 7 nitrogen and oxygen atoms in total. The Labute approximate surface area is 168 Å². The highest BCUT2D eigenvalue weighted by Gasteiger charge is 2.07. The maximum Gasteiger partial charge on any atom is 0.228 e. The molecule has 7 heteroatoms. The normalized spacial score (nSPS) is 10.5. The second-order valence-corrected chi connectivity index (χ2v) is 6.40. The summed E-state index contributed by atoms with van der Waals surface area (Å²) < 4.78 is 7.66. The molecule has 144 valence electrons.